The van der Waals surface area contributed by atoms with Crippen LogP contribution in [0.25, 0.3) is 10.8 Å². The lowest BCUT2D eigenvalue weighted by Gasteiger charge is -2.32. The van der Waals surface area contributed by atoms with E-state index < -0.39 is 0 Å². The average molecular weight is 310 g/mol. The molecule has 1 aliphatic heterocycles. The normalized spacial score (nSPS) is 16.6. The van der Waals surface area contributed by atoms with Crippen LogP contribution in [0.2, 0.25) is 0 Å². The molecular formula is C20H26N2O. The van der Waals surface area contributed by atoms with Gasteiger partial charge in [0.2, 0.25) is 5.91 Å². The van der Waals surface area contributed by atoms with Gasteiger partial charge in [-0.2, -0.15) is 0 Å². The molecule has 0 aromatic heterocycles. The van der Waals surface area contributed by atoms with Gasteiger partial charge in [0, 0.05) is 19.1 Å². The molecule has 1 fully saturated rings. The summed E-state index contributed by atoms with van der Waals surface area (Å²) in [6.07, 6.45) is 3.82. The molecule has 0 atom stereocenters. The number of amides is 1. The maximum absolute atomic E-state index is 12.4. The van der Waals surface area contributed by atoms with E-state index in [2.05, 4.69) is 41.4 Å². The third-order valence-corrected chi connectivity index (χ3v) is 4.72. The van der Waals surface area contributed by atoms with Crippen LogP contribution in [-0.4, -0.2) is 36.5 Å². The van der Waals surface area contributed by atoms with Gasteiger partial charge in [0.1, 0.15) is 0 Å². The number of nitrogens with one attached hydrogen (secondary N) is 1. The number of nitrogens with zero attached hydrogens (tertiary/aromatic N) is 1. The Bertz CT molecular complexity index is 654. The van der Waals surface area contributed by atoms with Gasteiger partial charge in [0.25, 0.3) is 0 Å². The highest BCUT2D eigenvalue weighted by atomic mass is 16.1. The smallest absolute Gasteiger partial charge is 0.224 e. The SMILES string of the molecule is CCCN1CCC(NC(=O)Cc2cccc3ccccc23)CC1. The van der Waals surface area contributed by atoms with Crippen molar-refractivity contribution in [2.24, 2.45) is 0 Å². The highest BCUT2D eigenvalue weighted by Gasteiger charge is 2.20. The summed E-state index contributed by atoms with van der Waals surface area (Å²) in [7, 11) is 0. The second-order valence-electron chi connectivity index (χ2n) is 6.50. The van der Waals surface area contributed by atoms with Crippen LogP contribution in [0.4, 0.5) is 0 Å². The minimum absolute atomic E-state index is 0.148. The van der Waals surface area contributed by atoms with Gasteiger partial charge in [-0.3, -0.25) is 4.79 Å². The quantitative estimate of drug-likeness (QED) is 0.918. The first-order valence-corrected chi connectivity index (χ1v) is 8.74. The maximum Gasteiger partial charge on any atom is 0.224 e. The van der Waals surface area contributed by atoms with Crippen LogP contribution in [0.5, 0.6) is 0 Å². The van der Waals surface area contributed by atoms with Crippen molar-refractivity contribution in [3.8, 4) is 0 Å². The Morgan fingerprint density at radius 3 is 2.65 bits per heavy atom. The Kier molecular flexibility index (Phi) is 5.29. The van der Waals surface area contributed by atoms with Gasteiger partial charge in [0.15, 0.2) is 0 Å². The fourth-order valence-corrected chi connectivity index (χ4v) is 3.52. The van der Waals surface area contributed by atoms with E-state index in [0.717, 1.165) is 31.5 Å². The standard InChI is InChI=1S/C20H26N2O/c1-2-12-22-13-10-18(11-14-22)21-20(23)15-17-8-5-7-16-6-3-4-9-19(16)17/h3-9,18H,2,10-15H2,1H3,(H,21,23). The molecule has 0 unspecified atom stereocenters. The summed E-state index contributed by atoms with van der Waals surface area (Å²) in [6, 6.07) is 14.8. The summed E-state index contributed by atoms with van der Waals surface area (Å²) in [5.41, 5.74) is 1.11. The maximum atomic E-state index is 12.4. The number of carbonyl (C=O) groups is 1. The molecule has 1 heterocycles. The number of piperidine rings is 1. The molecule has 1 N–H and O–H groups in total. The minimum Gasteiger partial charge on any atom is -0.353 e. The summed E-state index contributed by atoms with van der Waals surface area (Å²) in [5, 5.41) is 5.61. The van der Waals surface area contributed by atoms with Crippen LogP contribution in [0.15, 0.2) is 42.5 Å². The van der Waals surface area contributed by atoms with E-state index in [0.29, 0.717) is 12.5 Å². The summed E-state index contributed by atoms with van der Waals surface area (Å²) >= 11 is 0. The van der Waals surface area contributed by atoms with Crippen LogP contribution in [-0.2, 0) is 11.2 Å². The van der Waals surface area contributed by atoms with Crippen molar-refractivity contribution in [3.05, 3.63) is 48.0 Å². The summed E-state index contributed by atoms with van der Waals surface area (Å²) < 4.78 is 0. The van der Waals surface area contributed by atoms with Gasteiger partial charge >= 0.3 is 0 Å². The van der Waals surface area contributed by atoms with Crippen molar-refractivity contribution in [1.29, 1.82) is 0 Å². The van der Waals surface area contributed by atoms with Crippen LogP contribution in [0, 0.1) is 0 Å². The van der Waals surface area contributed by atoms with Crippen LogP contribution in [0.1, 0.15) is 31.7 Å². The second-order valence-corrected chi connectivity index (χ2v) is 6.50. The third-order valence-electron chi connectivity index (χ3n) is 4.72. The first kappa shape index (κ1) is 16.0. The van der Waals surface area contributed by atoms with Gasteiger partial charge in [0.05, 0.1) is 6.42 Å². The molecule has 0 bridgehead atoms. The number of hydrogen-bond donors (Lipinski definition) is 1. The average Bonchev–Trinajstić information content (AvgIpc) is 2.57. The van der Waals surface area contributed by atoms with Gasteiger partial charge in [-0.05, 0) is 42.1 Å². The molecule has 3 heteroatoms. The molecule has 1 amide bonds. The van der Waals surface area contributed by atoms with Crippen molar-refractivity contribution in [3.63, 3.8) is 0 Å². The van der Waals surface area contributed by atoms with Crippen molar-refractivity contribution < 1.29 is 4.79 Å². The Balaban J connectivity index is 1.57. The predicted molar refractivity (Wildman–Crippen MR) is 95.5 cm³/mol. The monoisotopic (exact) mass is 310 g/mol. The number of carbonyl (C=O) groups excluding carboxylic acids is 1. The molecule has 3 nitrogen and oxygen atoms in total. The number of hydrogen-bond acceptors (Lipinski definition) is 2. The lowest BCUT2D eigenvalue weighted by molar-refractivity contribution is -0.121. The molecule has 1 saturated heterocycles. The van der Waals surface area contributed by atoms with Gasteiger partial charge < -0.3 is 10.2 Å². The topological polar surface area (TPSA) is 32.3 Å². The molecule has 2 aromatic carbocycles. The molecule has 1 aliphatic rings. The van der Waals surface area contributed by atoms with Crippen LogP contribution in [0.3, 0.4) is 0 Å². The molecule has 0 aliphatic carbocycles. The summed E-state index contributed by atoms with van der Waals surface area (Å²) in [4.78, 5) is 14.9. The van der Waals surface area contributed by atoms with Crippen LogP contribution >= 0.6 is 0 Å². The number of fused-ring (bicyclic) bond motifs is 1. The van der Waals surface area contributed by atoms with Crippen molar-refractivity contribution in [1.82, 2.24) is 10.2 Å². The zero-order valence-electron chi connectivity index (χ0n) is 13.9. The number of likely N-dealkylation sites (tertiary alicyclic amines) is 1. The van der Waals surface area contributed by atoms with Crippen molar-refractivity contribution >= 4 is 16.7 Å². The molecule has 122 valence electrons. The van der Waals surface area contributed by atoms with Gasteiger partial charge in [-0.1, -0.05) is 49.4 Å². The van der Waals surface area contributed by atoms with E-state index in [-0.39, 0.29) is 5.91 Å². The molecule has 0 saturated carbocycles. The second kappa shape index (κ2) is 7.60. The summed E-state index contributed by atoms with van der Waals surface area (Å²) in [5.74, 6) is 0.148. The molecule has 0 radical (unpaired) electrons. The largest absolute Gasteiger partial charge is 0.353 e. The highest BCUT2D eigenvalue weighted by molar-refractivity contribution is 5.90. The Morgan fingerprint density at radius 1 is 1.13 bits per heavy atom. The molecular weight excluding hydrogens is 284 g/mol. The molecule has 23 heavy (non-hydrogen) atoms. The number of benzene rings is 2. The van der Waals surface area contributed by atoms with Crippen molar-refractivity contribution in [2.75, 3.05) is 19.6 Å². The predicted octanol–water partition coefficient (Wildman–Crippen LogP) is 3.37. The van der Waals surface area contributed by atoms with E-state index in [4.69, 9.17) is 0 Å². The van der Waals surface area contributed by atoms with E-state index in [1.165, 1.54) is 23.7 Å². The Labute approximate surface area is 138 Å². The Morgan fingerprint density at radius 2 is 1.87 bits per heavy atom. The fraction of sp³-hybridized carbons (Fsp3) is 0.450. The van der Waals surface area contributed by atoms with Gasteiger partial charge in [-0.25, -0.2) is 0 Å². The molecule has 2 aromatic rings. The first-order valence-electron chi connectivity index (χ1n) is 8.74. The first-order chi connectivity index (χ1) is 11.3. The van der Waals surface area contributed by atoms with Crippen LogP contribution < -0.4 is 5.32 Å². The van der Waals surface area contributed by atoms with E-state index in [9.17, 15) is 4.79 Å². The van der Waals surface area contributed by atoms with E-state index >= 15 is 0 Å². The highest BCUT2D eigenvalue weighted by Crippen LogP contribution is 2.19. The van der Waals surface area contributed by atoms with E-state index in [1.807, 2.05) is 18.2 Å². The Hall–Kier alpha value is -1.87. The minimum atomic E-state index is 0.148. The molecule has 0 spiro atoms. The third kappa shape index (κ3) is 4.11. The lowest BCUT2D eigenvalue weighted by atomic mass is 10.0. The lowest BCUT2D eigenvalue weighted by Crippen LogP contribution is -2.45. The zero-order chi connectivity index (χ0) is 16.1. The zero-order valence-corrected chi connectivity index (χ0v) is 13.9. The molecule has 3 rings (SSSR count). The van der Waals surface area contributed by atoms with Gasteiger partial charge in [-0.15, -0.1) is 0 Å². The van der Waals surface area contributed by atoms with E-state index in [1.54, 1.807) is 0 Å². The summed E-state index contributed by atoms with van der Waals surface area (Å²) in [6.45, 7) is 5.61. The van der Waals surface area contributed by atoms with Crippen molar-refractivity contribution in [2.45, 2.75) is 38.6 Å². The fourth-order valence-electron chi connectivity index (χ4n) is 3.52. The number of rotatable bonds is 5.